The minimum Gasteiger partial charge on any atom is -0.398 e. The standard InChI is InChI=1S/C12H11ClN2OS/c13-10-1-2-12(11(14)7-10)17(16)8-9-3-5-15-6-4-9/h1-7H,8,14H2. The van der Waals surface area contributed by atoms with Crippen molar-refractivity contribution in [1.82, 2.24) is 4.98 Å². The third-order valence-corrected chi connectivity index (χ3v) is 3.96. The van der Waals surface area contributed by atoms with Gasteiger partial charge in [-0.05, 0) is 35.9 Å². The maximum Gasteiger partial charge on any atom is 0.0621 e. The number of benzene rings is 1. The van der Waals surface area contributed by atoms with Crippen LogP contribution in [0, 0.1) is 0 Å². The summed E-state index contributed by atoms with van der Waals surface area (Å²) in [5.74, 6) is 0.425. The summed E-state index contributed by atoms with van der Waals surface area (Å²) < 4.78 is 12.1. The molecule has 2 rings (SSSR count). The van der Waals surface area contributed by atoms with Crippen molar-refractivity contribution in [3.05, 3.63) is 53.3 Å². The summed E-state index contributed by atoms with van der Waals surface area (Å²) in [5.41, 5.74) is 7.21. The molecular weight excluding hydrogens is 256 g/mol. The Bertz CT molecular complexity index is 545. The second-order valence-electron chi connectivity index (χ2n) is 3.53. The quantitative estimate of drug-likeness (QED) is 0.869. The molecule has 2 aromatic rings. The number of hydrogen-bond donors (Lipinski definition) is 1. The second kappa shape index (κ2) is 5.29. The van der Waals surface area contributed by atoms with Crippen LogP contribution in [0.2, 0.25) is 5.02 Å². The van der Waals surface area contributed by atoms with Crippen LogP contribution in [-0.2, 0) is 16.6 Å². The molecule has 1 atom stereocenters. The number of nitrogen functional groups attached to an aromatic ring is 1. The molecule has 5 heteroatoms. The molecule has 0 fully saturated rings. The van der Waals surface area contributed by atoms with E-state index in [9.17, 15) is 4.21 Å². The molecule has 0 aliphatic heterocycles. The Morgan fingerprint density at radius 1 is 1.24 bits per heavy atom. The Morgan fingerprint density at radius 3 is 2.59 bits per heavy atom. The summed E-state index contributed by atoms with van der Waals surface area (Å²) in [7, 11) is -1.17. The number of anilines is 1. The van der Waals surface area contributed by atoms with Crippen LogP contribution in [0.1, 0.15) is 5.56 Å². The molecule has 0 bridgehead atoms. The lowest BCUT2D eigenvalue weighted by atomic mass is 10.3. The van der Waals surface area contributed by atoms with Gasteiger partial charge in [0.05, 0.1) is 21.4 Å². The van der Waals surface area contributed by atoms with Crippen LogP contribution in [-0.4, -0.2) is 9.19 Å². The van der Waals surface area contributed by atoms with Crippen molar-refractivity contribution in [2.24, 2.45) is 0 Å². The number of halogens is 1. The van der Waals surface area contributed by atoms with Crippen LogP contribution in [0.25, 0.3) is 0 Å². The molecule has 1 heterocycles. The highest BCUT2D eigenvalue weighted by molar-refractivity contribution is 7.84. The maximum absolute atomic E-state index is 12.1. The number of nitrogens with zero attached hydrogens (tertiary/aromatic N) is 1. The highest BCUT2D eigenvalue weighted by Crippen LogP contribution is 2.22. The average molecular weight is 267 g/mol. The zero-order valence-electron chi connectivity index (χ0n) is 8.97. The van der Waals surface area contributed by atoms with Crippen molar-refractivity contribution in [2.45, 2.75) is 10.6 Å². The largest absolute Gasteiger partial charge is 0.398 e. The highest BCUT2D eigenvalue weighted by Gasteiger charge is 2.09. The first kappa shape index (κ1) is 12.1. The number of nitrogens with two attached hydrogens (primary N) is 1. The van der Waals surface area contributed by atoms with E-state index in [1.807, 2.05) is 12.1 Å². The SMILES string of the molecule is Nc1cc(Cl)ccc1S(=O)Cc1ccncc1. The van der Waals surface area contributed by atoms with E-state index >= 15 is 0 Å². The molecule has 0 spiro atoms. The van der Waals surface area contributed by atoms with Gasteiger partial charge in [-0.1, -0.05) is 11.6 Å². The Morgan fingerprint density at radius 2 is 1.94 bits per heavy atom. The molecule has 3 nitrogen and oxygen atoms in total. The lowest BCUT2D eigenvalue weighted by molar-refractivity contribution is 0.683. The topological polar surface area (TPSA) is 56.0 Å². The van der Waals surface area contributed by atoms with Crippen LogP contribution < -0.4 is 5.73 Å². The van der Waals surface area contributed by atoms with Crippen molar-refractivity contribution in [2.75, 3.05) is 5.73 Å². The molecule has 0 aliphatic rings. The van der Waals surface area contributed by atoms with Crippen LogP contribution in [0.3, 0.4) is 0 Å². The van der Waals surface area contributed by atoms with Crippen molar-refractivity contribution >= 4 is 28.1 Å². The molecule has 0 aliphatic carbocycles. The molecule has 1 aromatic carbocycles. The lowest BCUT2D eigenvalue weighted by Gasteiger charge is -2.06. The first-order valence-corrected chi connectivity index (χ1v) is 6.69. The van der Waals surface area contributed by atoms with E-state index in [0.717, 1.165) is 5.56 Å². The Labute approximate surface area is 107 Å². The molecule has 88 valence electrons. The van der Waals surface area contributed by atoms with Gasteiger partial charge >= 0.3 is 0 Å². The van der Waals surface area contributed by atoms with Gasteiger partial charge in [0.15, 0.2) is 0 Å². The van der Waals surface area contributed by atoms with Gasteiger partial charge in [-0.15, -0.1) is 0 Å². The maximum atomic E-state index is 12.1. The minimum atomic E-state index is -1.17. The molecule has 2 N–H and O–H groups in total. The Balaban J connectivity index is 2.21. The molecular formula is C12H11ClN2OS. The predicted octanol–water partition coefficient (Wildman–Crippen LogP) is 2.63. The van der Waals surface area contributed by atoms with Crippen LogP contribution in [0.4, 0.5) is 5.69 Å². The van der Waals surface area contributed by atoms with Gasteiger partial charge in [-0.25, -0.2) is 0 Å². The number of aromatic nitrogens is 1. The monoisotopic (exact) mass is 266 g/mol. The van der Waals surface area contributed by atoms with E-state index in [2.05, 4.69) is 4.98 Å². The molecule has 1 aromatic heterocycles. The minimum absolute atomic E-state index is 0.425. The van der Waals surface area contributed by atoms with Crippen LogP contribution in [0.15, 0.2) is 47.6 Å². The average Bonchev–Trinajstić information content (AvgIpc) is 2.30. The third kappa shape index (κ3) is 3.05. The van der Waals surface area contributed by atoms with Gasteiger partial charge in [-0.2, -0.15) is 0 Å². The smallest absolute Gasteiger partial charge is 0.0621 e. The van der Waals surface area contributed by atoms with Crippen molar-refractivity contribution in [3.63, 3.8) is 0 Å². The van der Waals surface area contributed by atoms with Gasteiger partial charge < -0.3 is 5.73 Å². The van der Waals surface area contributed by atoms with E-state index in [4.69, 9.17) is 17.3 Å². The van der Waals surface area contributed by atoms with Gasteiger partial charge in [-0.3, -0.25) is 9.19 Å². The van der Waals surface area contributed by atoms with Gasteiger partial charge in [0.1, 0.15) is 0 Å². The normalized spacial score (nSPS) is 12.3. The van der Waals surface area contributed by atoms with Crippen LogP contribution in [0.5, 0.6) is 0 Å². The first-order chi connectivity index (χ1) is 8.16. The molecule has 0 saturated carbocycles. The fourth-order valence-corrected chi connectivity index (χ4v) is 2.81. The third-order valence-electron chi connectivity index (χ3n) is 2.26. The second-order valence-corrected chi connectivity index (χ2v) is 5.38. The van der Waals surface area contributed by atoms with E-state index in [-0.39, 0.29) is 0 Å². The molecule has 0 radical (unpaired) electrons. The summed E-state index contributed by atoms with van der Waals surface area (Å²) in [5, 5.41) is 0.548. The van der Waals surface area contributed by atoms with E-state index in [1.165, 1.54) is 0 Å². The lowest BCUT2D eigenvalue weighted by Crippen LogP contribution is -2.00. The van der Waals surface area contributed by atoms with Crippen LogP contribution >= 0.6 is 11.6 Å². The summed E-state index contributed by atoms with van der Waals surface area (Å²) in [4.78, 5) is 4.53. The molecule has 0 amide bonds. The fourth-order valence-electron chi connectivity index (χ4n) is 1.43. The predicted molar refractivity (Wildman–Crippen MR) is 70.2 cm³/mol. The Kier molecular flexibility index (Phi) is 3.76. The summed E-state index contributed by atoms with van der Waals surface area (Å²) in [6.07, 6.45) is 3.36. The van der Waals surface area contributed by atoms with E-state index in [1.54, 1.807) is 30.6 Å². The van der Waals surface area contributed by atoms with Gasteiger partial charge in [0.2, 0.25) is 0 Å². The van der Waals surface area contributed by atoms with E-state index < -0.39 is 10.8 Å². The number of hydrogen-bond acceptors (Lipinski definition) is 3. The van der Waals surface area contributed by atoms with Crippen molar-refractivity contribution in [3.8, 4) is 0 Å². The highest BCUT2D eigenvalue weighted by atomic mass is 35.5. The summed E-state index contributed by atoms with van der Waals surface area (Å²) >= 11 is 5.79. The summed E-state index contributed by atoms with van der Waals surface area (Å²) in [6, 6.07) is 8.68. The number of pyridine rings is 1. The molecule has 1 unspecified atom stereocenters. The van der Waals surface area contributed by atoms with Crippen molar-refractivity contribution < 1.29 is 4.21 Å². The van der Waals surface area contributed by atoms with Gasteiger partial charge in [0, 0.05) is 23.1 Å². The fraction of sp³-hybridized carbons (Fsp3) is 0.0833. The van der Waals surface area contributed by atoms with Gasteiger partial charge in [0.25, 0.3) is 0 Å². The van der Waals surface area contributed by atoms with Crippen molar-refractivity contribution in [1.29, 1.82) is 0 Å². The molecule has 17 heavy (non-hydrogen) atoms. The zero-order chi connectivity index (χ0) is 12.3. The zero-order valence-corrected chi connectivity index (χ0v) is 10.5. The first-order valence-electron chi connectivity index (χ1n) is 4.99. The number of rotatable bonds is 3. The molecule has 0 saturated heterocycles. The van der Waals surface area contributed by atoms with E-state index in [0.29, 0.717) is 21.4 Å². The Hall–Kier alpha value is -1.39. The summed E-state index contributed by atoms with van der Waals surface area (Å²) in [6.45, 7) is 0.